The molecule has 0 aliphatic rings. The van der Waals surface area contributed by atoms with Crippen LogP contribution in [0.4, 0.5) is 10.5 Å². The number of carbonyl (C=O) groups is 2. The van der Waals surface area contributed by atoms with Crippen molar-refractivity contribution in [3.8, 4) is 0 Å². The zero-order chi connectivity index (χ0) is 13.7. The fraction of sp³-hybridized carbons (Fsp3) is 0.364. The number of nitrogens with one attached hydrogen (secondary N) is 1. The molecule has 0 aromatic carbocycles. The molecular weight excluding hydrogens is 238 g/mol. The summed E-state index contributed by atoms with van der Waals surface area (Å²) < 4.78 is 0. The number of aromatic nitrogens is 1. The number of hydrogen-bond acceptors (Lipinski definition) is 4. The summed E-state index contributed by atoms with van der Waals surface area (Å²) in [7, 11) is 1.55. The van der Waals surface area contributed by atoms with E-state index in [9.17, 15) is 9.59 Å². The SMILES string of the molecule is CC(CO)N(C)C(=O)Nc1ccc(C(=O)O)nc1. The lowest BCUT2D eigenvalue weighted by Crippen LogP contribution is -2.40. The predicted octanol–water partition coefficient (Wildman–Crippen LogP) is 0.624. The summed E-state index contributed by atoms with van der Waals surface area (Å²) in [4.78, 5) is 27.3. The highest BCUT2D eigenvalue weighted by molar-refractivity contribution is 5.90. The first-order chi connectivity index (χ1) is 8.45. The Balaban J connectivity index is 2.67. The molecule has 18 heavy (non-hydrogen) atoms. The minimum Gasteiger partial charge on any atom is -0.477 e. The van der Waals surface area contributed by atoms with Gasteiger partial charge in [0.05, 0.1) is 24.5 Å². The Hall–Kier alpha value is -2.15. The van der Waals surface area contributed by atoms with E-state index < -0.39 is 12.0 Å². The van der Waals surface area contributed by atoms with E-state index in [4.69, 9.17) is 10.2 Å². The van der Waals surface area contributed by atoms with Crippen LogP contribution in [-0.2, 0) is 0 Å². The molecular formula is C11H15N3O4. The van der Waals surface area contributed by atoms with Crippen molar-refractivity contribution < 1.29 is 19.8 Å². The molecule has 1 unspecified atom stereocenters. The lowest BCUT2D eigenvalue weighted by Gasteiger charge is -2.23. The Labute approximate surface area is 104 Å². The molecule has 98 valence electrons. The van der Waals surface area contributed by atoms with Crippen molar-refractivity contribution in [2.75, 3.05) is 19.0 Å². The quantitative estimate of drug-likeness (QED) is 0.730. The number of aliphatic hydroxyl groups excluding tert-OH is 1. The molecule has 1 rings (SSSR count). The molecule has 7 heteroatoms. The minimum absolute atomic E-state index is 0.0925. The molecule has 1 aromatic heterocycles. The van der Waals surface area contributed by atoms with Gasteiger partial charge in [0, 0.05) is 7.05 Å². The van der Waals surface area contributed by atoms with E-state index in [0.29, 0.717) is 5.69 Å². The second-order valence-corrected chi connectivity index (χ2v) is 3.81. The van der Waals surface area contributed by atoms with Gasteiger partial charge in [-0.2, -0.15) is 0 Å². The third kappa shape index (κ3) is 3.42. The molecule has 1 atom stereocenters. The van der Waals surface area contributed by atoms with Crippen molar-refractivity contribution >= 4 is 17.7 Å². The van der Waals surface area contributed by atoms with Crippen molar-refractivity contribution in [3.05, 3.63) is 24.0 Å². The third-order valence-corrected chi connectivity index (χ3v) is 2.48. The van der Waals surface area contributed by atoms with Gasteiger partial charge in [0.2, 0.25) is 0 Å². The summed E-state index contributed by atoms with van der Waals surface area (Å²) in [5, 5.41) is 20.1. The van der Waals surface area contributed by atoms with Crippen LogP contribution in [0.2, 0.25) is 0 Å². The molecule has 0 bridgehead atoms. The number of nitrogens with zero attached hydrogens (tertiary/aromatic N) is 2. The number of amides is 2. The summed E-state index contributed by atoms with van der Waals surface area (Å²) in [6, 6.07) is 2.04. The maximum Gasteiger partial charge on any atom is 0.354 e. The van der Waals surface area contributed by atoms with Crippen molar-refractivity contribution in [3.63, 3.8) is 0 Å². The van der Waals surface area contributed by atoms with Crippen LogP contribution in [-0.4, -0.2) is 51.8 Å². The second-order valence-electron chi connectivity index (χ2n) is 3.81. The Morgan fingerprint density at radius 1 is 1.50 bits per heavy atom. The first kappa shape index (κ1) is 13.9. The van der Waals surface area contributed by atoms with E-state index in [1.807, 2.05) is 0 Å². The Morgan fingerprint density at radius 3 is 2.61 bits per heavy atom. The van der Waals surface area contributed by atoms with E-state index in [1.54, 1.807) is 14.0 Å². The standard InChI is InChI=1S/C11H15N3O4/c1-7(6-15)14(2)11(18)13-8-3-4-9(10(16)17)12-5-8/h3-5,7,15H,6H2,1-2H3,(H,13,18)(H,16,17). The van der Waals surface area contributed by atoms with Gasteiger partial charge >= 0.3 is 12.0 Å². The number of urea groups is 1. The summed E-state index contributed by atoms with van der Waals surface area (Å²) in [5.74, 6) is -1.13. The van der Waals surface area contributed by atoms with Crippen LogP contribution >= 0.6 is 0 Å². The molecule has 0 spiro atoms. The van der Waals surface area contributed by atoms with Gasteiger partial charge in [-0.3, -0.25) is 0 Å². The van der Waals surface area contributed by atoms with Gasteiger partial charge in [0.1, 0.15) is 5.69 Å². The number of anilines is 1. The van der Waals surface area contributed by atoms with Crippen molar-refractivity contribution in [1.29, 1.82) is 0 Å². The molecule has 0 saturated carbocycles. The average molecular weight is 253 g/mol. The van der Waals surface area contributed by atoms with Crippen LogP contribution < -0.4 is 5.32 Å². The number of carbonyl (C=O) groups excluding carboxylic acids is 1. The van der Waals surface area contributed by atoms with Gasteiger partial charge < -0.3 is 20.4 Å². The predicted molar refractivity (Wildman–Crippen MR) is 64.5 cm³/mol. The molecule has 0 aliphatic carbocycles. The van der Waals surface area contributed by atoms with E-state index in [-0.39, 0.29) is 18.3 Å². The fourth-order valence-corrected chi connectivity index (χ4v) is 1.13. The minimum atomic E-state index is -1.13. The van der Waals surface area contributed by atoms with E-state index >= 15 is 0 Å². The molecule has 7 nitrogen and oxygen atoms in total. The molecule has 1 heterocycles. The Kier molecular flexibility index (Phi) is 4.61. The van der Waals surface area contributed by atoms with Gasteiger partial charge in [-0.25, -0.2) is 14.6 Å². The van der Waals surface area contributed by atoms with Crippen LogP contribution in [0.5, 0.6) is 0 Å². The van der Waals surface area contributed by atoms with Gasteiger partial charge in [-0.05, 0) is 19.1 Å². The number of carboxylic acid groups (broad SMARTS) is 1. The molecule has 0 radical (unpaired) electrons. The molecule has 0 aliphatic heterocycles. The Morgan fingerprint density at radius 2 is 2.17 bits per heavy atom. The first-order valence-electron chi connectivity index (χ1n) is 5.29. The summed E-state index contributed by atoms with van der Waals surface area (Å²) in [6.07, 6.45) is 1.26. The number of hydrogen-bond donors (Lipinski definition) is 3. The average Bonchev–Trinajstić information content (AvgIpc) is 2.37. The highest BCUT2D eigenvalue weighted by atomic mass is 16.4. The normalized spacial score (nSPS) is 11.7. The summed E-state index contributed by atoms with van der Waals surface area (Å²) >= 11 is 0. The highest BCUT2D eigenvalue weighted by Gasteiger charge is 2.15. The number of rotatable bonds is 4. The van der Waals surface area contributed by atoms with Crippen molar-refractivity contribution in [2.24, 2.45) is 0 Å². The van der Waals surface area contributed by atoms with Crippen LogP contribution in [0.15, 0.2) is 18.3 Å². The number of pyridine rings is 1. The van der Waals surface area contributed by atoms with E-state index in [1.165, 1.54) is 23.2 Å². The van der Waals surface area contributed by atoms with Gasteiger partial charge in [0.15, 0.2) is 0 Å². The highest BCUT2D eigenvalue weighted by Crippen LogP contribution is 2.08. The number of aromatic carboxylic acids is 1. The number of aliphatic hydroxyl groups is 1. The van der Waals surface area contributed by atoms with Gasteiger partial charge in [0.25, 0.3) is 0 Å². The molecule has 3 N–H and O–H groups in total. The smallest absolute Gasteiger partial charge is 0.354 e. The number of likely N-dealkylation sites (N-methyl/N-ethyl adjacent to an activating group) is 1. The maximum absolute atomic E-state index is 11.7. The zero-order valence-corrected chi connectivity index (χ0v) is 10.1. The fourth-order valence-electron chi connectivity index (χ4n) is 1.13. The Bertz CT molecular complexity index is 432. The van der Waals surface area contributed by atoms with Gasteiger partial charge in [-0.15, -0.1) is 0 Å². The van der Waals surface area contributed by atoms with Crippen LogP contribution in [0.1, 0.15) is 17.4 Å². The van der Waals surface area contributed by atoms with Crippen molar-refractivity contribution in [1.82, 2.24) is 9.88 Å². The lowest BCUT2D eigenvalue weighted by molar-refractivity contribution is 0.0690. The molecule has 2 amide bonds. The largest absolute Gasteiger partial charge is 0.477 e. The van der Waals surface area contributed by atoms with Crippen LogP contribution in [0, 0.1) is 0 Å². The molecule has 0 fully saturated rings. The second kappa shape index (κ2) is 5.97. The van der Waals surface area contributed by atoms with Crippen LogP contribution in [0.3, 0.4) is 0 Å². The lowest BCUT2D eigenvalue weighted by atomic mass is 10.3. The van der Waals surface area contributed by atoms with E-state index in [0.717, 1.165) is 0 Å². The van der Waals surface area contributed by atoms with Crippen LogP contribution in [0.25, 0.3) is 0 Å². The molecule has 1 aromatic rings. The monoisotopic (exact) mass is 253 g/mol. The summed E-state index contributed by atoms with van der Waals surface area (Å²) in [5.41, 5.74) is 0.298. The maximum atomic E-state index is 11.7. The van der Waals surface area contributed by atoms with Crippen molar-refractivity contribution in [2.45, 2.75) is 13.0 Å². The zero-order valence-electron chi connectivity index (χ0n) is 10.1. The van der Waals surface area contributed by atoms with Gasteiger partial charge in [-0.1, -0.05) is 0 Å². The van der Waals surface area contributed by atoms with E-state index in [2.05, 4.69) is 10.3 Å². The number of carboxylic acids is 1. The summed E-state index contributed by atoms with van der Waals surface area (Å²) in [6.45, 7) is 1.56. The topological polar surface area (TPSA) is 103 Å². The third-order valence-electron chi connectivity index (χ3n) is 2.48. The molecule has 0 saturated heterocycles. The first-order valence-corrected chi connectivity index (χ1v) is 5.29.